The van der Waals surface area contributed by atoms with Crippen molar-refractivity contribution in [3.8, 4) is 0 Å². The van der Waals surface area contributed by atoms with Crippen LogP contribution in [0.2, 0.25) is 0 Å². The zero-order chi connectivity index (χ0) is 10.7. The highest BCUT2D eigenvalue weighted by molar-refractivity contribution is 5.97. The number of ketones is 1. The summed E-state index contributed by atoms with van der Waals surface area (Å²) in [5.74, 6) is 0.282. The molecule has 1 saturated heterocycles. The number of Topliss-reactive ketones (excluding diaryl/α,β-unsaturated/α-hetero) is 1. The molecule has 0 bridgehead atoms. The van der Waals surface area contributed by atoms with Crippen LogP contribution in [0.4, 0.5) is 0 Å². The molecule has 15 heavy (non-hydrogen) atoms. The predicted molar refractivity (Wildman–Crippen MR) is 60.4 cm³/mol. The number of nitrogens with zero attached hydrogens (tertiary/aromatic N) is 1. The van der Waals surface area contributed by atoms with E-state index in [1.54, 1.807) is 0 Å². The Labute approximate surface area is 91.3 Å². The maximum atomic E-state index is 11.7. The van der Waals surface area contributed by atoms with Crippen molar-refractivity contribution >= 4 is 5.78 Å². The van der Waals surface area contributed by atoms with Crippen LogP contribution in [0.25, 0.3) is 0 Å². The van der Waals surface area contributed by atoms with Gasteiger partial charge in [-0.05, 0) is 38.8 Å². The lowest BCUT2D eigenvalue weighted by Gasteiger charge is -2.28. The highest BCUT2D eigenvalue weighted by atomic mass is 16.1. The van der Waals surface area contributed by atoms with Crippen LogP contribution in [0.15, 0.2) is 11.3 Å². The number of carbonyl (C=O) groups is 1. The lowest BCUT2D eigenvalue weighted by atomic mass is 9.94. The number of carbonyl (C=O) groups excluding carboxylic acids is 1. The largest absolute Gasteiger partial charge is 0.402 e. The van der Waals surface area contributed by atoms with Crippen molar-refractivity contribution in [3.63, 3.8) is 0 Å². The van der Waals surface area contributed by atoms with Crippen molar-refractivity contribution in [2.75, 3.05) is 19.6 Å². The molecule has 0 spiro atoms. The van der Waals surface area contributed by atoms with Gasteiger partial charge in [0.2, 0.25) is 0 Å². The molecule has 1 heterocycles. The van der Waals surface area contributed by atoms with Gasteiger partial charge < -0.3 is 5.73 Å². The molecule has 0 aromatic rings. The fourth-order valence-electron chi connectivity index (χ4n) is 2.45. The van der Waals surface area contributed by atoms with Crippen LogP contribution in [0.3, 0.4) is 0 Å². The molecule has 3 heteroatoms. The summed E-state index contributed by atoms with van der Waals surface area (Å²) in [6, 6.07) is 0. The van der Waals surface area contributed by atoms with Gasteiger partial charge >= 0.3 is 0 Å². The Hall–Kier alpha value is -0.830. The summed E-state index contributed by atoms with van der Waals surface area (Å²) in [5.41, 5.74) is 7.67. The molecule has 0 unspecified atom stereocenters. The van der Waals surface area contributed by atoms with Crippen molar-refractivity contribution in [2.24, 2.45) is 5.73 Å². The average Bonchev–Trinajstić information content (AvgIpc) is 2.25. The van der Waals surface area contributed by atoms with Gasteiger partial charge in [-0.25, -0.2) is 0 Å². The third kappa shape index (κ3) is 2.59. The SMILES string of the molecule is NC1=C(CN2CCCCC2)C(=O)CCC1. The zero-order valence-corrected chi connectivity index (χ0v) is 9.30. The number of hydrogen-bond acceptors (Lipinski definition) is 3. The molecule has 0 radical (unpaired) electrons. The van der Waals surface area contributed by atoms with E-state index < -0.39 is 0 Å². The minimum atomic E-state index is 0.282. The van der Waals surface area contributed by atoms with E-state index in [-0.39, 0.29) is 5.78 Å². The molecule has 2 aliphatic rings. The Morgan fingerprint density at radius 3 is 2.47 bits per heavy atom. The minimum absolute atomic E-state index is 0.282. The first kappa shape index (κ1) is 10.7. The van der Waals surface area contributed by atoms with Crippen LogP contribution in [-0.4, -0.2) is 30.3 Å². The van der Waals surface area contributed by atoms with E-state index in [0.29, 0.717) is 6.42 Å². The van der Waals surface area contributed by atoms with E-state index in [0.717, 1.165) is 43.7 Å². The van der Waals surface area contributed by atoms with Crippen LogP contribution < -0.4 is 5.73 Å². The van der Waals surface area contributed by atoms with Crippen molar-refractivity contribution in [1.82, 2.24) is 4.90 Å². The monoisotopic (exact) mass is 208 g/mol. The summed E-state index contributed by atoms with van der Waals surface area (Å²) in [5, 5.41) is 0. The molecule has 1 aliphatic heterocycles. The smallest absolute Gasteiger partial charge is 0.161 e. The Morgan fingerprint density at radius 2 is 1.80 bits per heavy atom. The van der Waals surface area contributed by atoms with Gasteiger partial charge in [0.25, 0.3) is 0 Å². The topological polar surface area (TPSA) is 46.3 Å². The Bertz CT molecular complexity index is 277. The Morgan fingerprint density at radius 1 is 1.07 bits per heavy atom. The molecule has 3 nitrogen and oxygen atoms in total. The number of likely N-dealkylation sites (tertiary alicyclic amines) is 1. The molecule has 0 saturated carbocycles. The molecule has 0 aromatic carbocycles. The second kappa shape index (κ2) is 4.79. The zero-order valence-electron chi connectivity index (χ0n) is 9.30. The summed E-state index contributed by atoms with van der Waals surface area (Å²) < 4.78 is 0. The van der Waals surface area contributed by atoms with Crippen LogP contribution in [0.1, 0.15) is 38.5 Å². The van der Waals surface area contributed by atoms with Crippen LogP contribution in [0.5, 0.6) is 0 Å². The number of rotatable bonds is 2. The quantitative estimate of drug-likeness (QED) is 0.747. The molecule has 2 rings (SSSR count). The van der Waals surface area contributed by atoms with E-state index in [2.05, 4.69) is 4.90 Å². The summed E-state index contributed by atoms with van der Waals surface area (Å²) in [4.78, 5) is 14.1. The molecule has 1 aliphatic carbocycles. The van der Waals surface area contributed by atoms with Gasteiger partial charge in [-0.15, -0.1) is 0 Å². The molecule has 1 fully saturated rings. The first-order chi connectivity index (χ1) is 7.27. The number of piperidine rings is 1. The Balaban J connectivity index is 1.99. The lowest BCUT2D eigenvalue weighted by Crippen LogP contribution is -2.35. The van der Waals surface area contributed by atoms with Gasteiger partial charge in [0.15, 0.2) is 5.78 Å². The molecule has 0 aromatic heterocycles. The van der Waals surface area contributed by atoms with Gasteiger partial charge in [-0.2, -0.15) is 0 Å². The van der Waals surface area contributed by atoms with Crippen molar-refractivity contribution < 1.29 is 4.79 Å². The van der Waals surface area contributed by atoms with Crippen LogP contribution in [-0.2, 0) is 4.79 Å². The second-order valence-electron chi connectivity index (χ2n) is 4.62. The predicted octanol–water partition coefficient (Wildman–Crippen LogP) is 1.44. The summed E-state index contributed by atoms with van der Waals surface area (Å²) in [6.07, 6.45) is 6.41. The van der Waals surface area contributed by atoms with Crippen molar-refractivity contribution in [3.05, 3.63) is 11.3 Å². The van der Waals surface area contributed by atoms with Gasteiger partial charge in [-0.3, -0.25) is 9.69 Å². The highest BCUT2D eigenvalue weighted by Crippen LogP contribution is 2.20. The molecule has 0 atom stereocenters. The van der Waals surface area contributed by atoms with E-state index in [1.165, 1.54) is 19.3 Å². The summed E-state index contributed by atoms with van der Waals surface area (Å²) in [6.45, 7) is 3.05. The normalized spacial score (nSPS) is 24.7. The molecule has 2 N–H and O–H groups in total. The third-order valence-electron chi connectivity index (χ3n) is 3.40. The maximum Gasteiger partial charge on any atom is 0.161 e. The van der Waals surface area contributed by atoms with E-state index >= 15 is 0 Å². The number of hydrogen-bond donors (Lipinski definition) is 1. The standard InChI is InChI=1S/C12H20N2O/c13-11-5-4-6-12(15)10(11)9-14-7-2-1-3-8-14/h1-9,13H2. The van der Waals surface area contributed by atoms with Gasteiger partial charge in [0, 0.05) is 24.2 Å². The molecular weight excluding hydrogens is 188 g/mol. The molecule has 84 valence electrons. The highest BCUT2D eigenvalue weighted by Gasteiger charge is 2.21. The Kier molecular flexibility index (Phi) is 3.41. The summed E-state index contributed by atoms with van der Waals surface area (Å²) >= 11 is 0. The van der Waals surface area contributed by atoms with E-state index in [1.807, 2.05) is 0 Å². The van der Waals surface area contributed by atoms with Crippen molar-refractivity contribution in [1.29, 1.82) is 0 Å². The van der Waals surface area contributed by atoms with E-state index in [4.69, 9.17) is 5.73 Å². The van der Waals surface area contributed by atoms with Crippen molar-refractivity contribution in [2.45, 2.75) is 38.5 Å². The average molecular weight is 208 g/mol. The summed E-state index contributed by atoms with van der Waals surface area (Å²) in [7, 11) is 0. The van der Waals surface area contributed by atoms with E-state index in [9.17, 15) is 4.79 Å². The molecule has 0 amide bonds. The number of allylic oxidation sites excluding steroid dienone is 1. The van der Waals surface area contributed by atoms with Gasteiger partial charge in [0.05, 0.1) is 0 Å². The lowest BCUT2D eigenvalue weighted by molar-refractivity contribution is -0.116. The third-order valence-corrected chi connectivity index (χ3v) is 3.40. The van der Waals surface area contributed by atoms with Gasteiger partial charge in [0.1, 0.15) is 0 Å². The second-order valence-corrected chi connectivity index (χ2v) is 4.62. The number of nitrogens with two attached hydrogens (primary N) is 1. The fourth-order valence-corrected chi connectivity index (χ4v) is 2.45. The molecular formula is C12H20N2O. The minimum Gasteiger partial charge on any atom is -0.402 e. The first-order valence-corrected chi connectivity index (χ1v) is 6.00. The van der Waals surface area contributed by atoms with Gasteiger partial charge in [-0.1, -0.05) is 6.42 Å². The fraction of sp³-hybridized carbons (Fsp3) is 0.750. The van der Waals surface area contributed by atoms with Crippen LogP contribution >= 0.6 is 0 Å². The first-order valence-electron chi connectivity index (χ1n) is 6.00. The van der Waals surface area contributed by atoms with Crippen LogP contribution in [0, 0.1) is 0 Å². The maximum absolute atomic E-state index is 11.7.